The van der Waals surface area contributed by atoms with Gasteiger partial charge in [0.25, 0.3) is 0 Å². The number of rotatable bonds is 12. The predicted octanol–water partition coefficient (Wildman–Crippen LogP) is 2.85. The molecule has 1 aromatic carbocycles. The van der Waals surface area contributed by atoms with Crippen LogP contribution >= 0.6 is 22.6 Å². The van der Waals surface area contributed by atoms with Crippen LogP contribution in [-0.4, -0.2) is 48.7 Å². The highest BCUT2D eigenvalue weighted by Crippen LogP contribution is 2.30. The van der Waals surface area contributed by atoms with Crippen LogP contribution in [0.5, 0.6) is 11.5 Å². The third-order valence-corrected chi connectivity index (χ3v) is 5.04. The molecule has 0 aliphatic rings. The van der Waals surface area contributed by atoms with E-state index in [0.29, 0.717) is 6.42 Å². The molecule has 0 spiro atoms. The maximum absolute atomic E-state index is 12.7. The topological polar surface area (TPSA) is 103 Å². The van der Waals surface area contributed by atoms with Gasteiger partial charge in [0, 0.05) is 6.42 Å². The molecule has 1 aromatic rings. The molecule has 2 atom stereocenters. The summed E-state index contributed by atoms with van der Waals surface area (Å²) in [7, 11) is 3.37. The van der Waals surface area contributed by atoms with Crippen molar-refractivity contribution in [2.24, 2.45) is 11.8 Å². The van der Waals surface area contributed by atoms with E-state index in [9.17, 15) is 14.4 Å². The van der Waals surface area contributed by atoms with Gasteiger partial charge >= 0.3 is 17.9 Å². The van der Waals surface area contributed by atoms with Crippen LogP contribution in [0.15, 0.2) is 18.2 Å². The number of ether oxygens (including phenoxy) is 3. The number of likely N-dealkylation sites (N-methyl/N-ethyl adjacent to an activating group) is 2. The average Bonchev–Trinajstić information content (AvgIpc) is 2.68. The summed E-state index contributed by atoms with van der Waals surface area (Å²) < 4.78 is 16.4. The molecule has 0 fully saturated rings. The molecule has 1 rings (SSSR count). The van der Waals surface area contributed by atoms with Crippen LogP contribution in [0.3, 0.4) is 0 Å². The minimum absolute atomic E-state index is 0.00402. The van der Waals surface area contributed by atoms with Crippen LogP contribution in [0, 0.1) is 11.8 Å². The van der Waals surface area contributed by atoms with E-state index in [1.807, 2.05) is 50.3 Å². The van der Waals surface area contributed by atoms with Crippen molar-refractivity contribution in [3.05, 3.63) is 23.8 Å². The molecule has 0 aromatic heterocycles. The number of benzene rings is 1. The van der Waals surface area contributed by atoms with E-state index in [1.165, 1.54) is 0 Å². The van der Waals surface area contributed by atoms with Gasteiger partial charge in [0.2, 0.25) is 0 Å². The molecule has 0 aliphatic carbocycles. The van der Waals surface area contributed by atoms with Crippen molar-refractivity contribution < 1.29 is 28.6 Å². The first kappa shape index (κ1) is 27.3. The molecule has 0 aliphatic heterocycles. The number of hydrogen-bond acceptors (Lipinski definition) is 8. The zero-order chi connectivity index (χ0) is 23.6. The van der Waals surface area contributed by atoms with Gasteiger partial charge in [-0.1, -0.05) is 33.8 Å². The number of aryl methyl sites for hydroxylation is 1. The summed E-state index contributed by atoms with van der Waals surface area (Å²) in [4.78, 5) is 36.9. The number of nitrogens with one attached hydrogen (secondary N) is 2. The molecule has 0 heterocycles. The van der Waals surface area contributed by atoms with E-state index < -0.39 is 24.0 Å². The molecular weight excluding hydrogens is 515 g/mol. The van der Waals surface area contributed by atoms with Crippen molar-refractivity contribution in [3.8, 4) is 11.5 Å². The molecule has 174 valence electrons. The molecule has 9 heteroatoms. The second kappa shape index (κ2) is 13.6. The van der Waals surface area contributed by atoms with Gasteiger partial charge in [0.15, 0.2) is 11.5 Å². The van der Waals surface area contributed by atoms with E-state index in [4.69, 9.17) is 14.2 Å². The van der Waals surface area contributed by atoms with Crippen molar-refractivity contribution >= 4 is 40.5 Å². The molecule has 0 bridgehead atoms. The van der Waals surface area contributed by atoms with E-state index in [1.54, 1.807) is 32.3 Å². The second-order valence-electron chi connectivity index (χ2n) is 7.77. The van der Waals surface area contributed by atoms with Crippen LogP contribution in [0.1, 0.15) is 39.7 Å². The summed E-state index contributed by atoms with van der Waals surface area (Å²) in [5.74, 6) is -0.959. The molecule has 2 unspecified atom stereocenters. The lowest BCUT2D eigenvalue weighted by molar-refractivity contribution is -0.141. The number of alkyl halides is 1. The monoisotopic (exact) mass is 548 g/mol. The Labute approximate surface area is 197 Å². The molecular formula is C22H33IN2O6. The minimum atomic E-state index is -0.522. The van der Waals surface area contributed by atoms with Gasteiger partial charge < -0.3 is 24.8 Å². The maximum Gasteiger partial charge on any atom is 0.328 e. The molecule has 2 N–H and O–H groups in total. The van der Waals surface area contributed by atoms with E-state index in [-0.39, 0.29) is 40.3 Å². The molecule has 8 nitrogen and oxygen atoms in total. The summed E-state index contributed by atoms with van der Waals surface area (Å²) in [6, 6.07) is 3.91. The molecule has 0 saturated carbocycles. The van der Waals surface area contributed by atoms with E-state index in [2.05, 4.69) is 10.6 Å². The van der Waals surface area contributed by atoms with Crippen molar-refractivity contribution in [1.29, 1.82) is 0 Å². The Morgan fingerprint density at radius 2 is 1.42 bits per heavy atom. The number of halogens is 1. The van der Waals surface area contributed by atoms with Crippen molar-refractivity contribution in [2.75, 3.05) is 18.7 Å². The first-order valence-corrected chi connectivity index (χ1v) is 11.8. The Morgan fingerprint density at radius 1 is 0.903 bits per heavy atom. The van der Waals surface area contributed by atoms with Gasteiger partial charge in [-0.05, 0) is 72.6 Å². The molecule has 31 heavy (non-hydrogen) atoms. The smallest absolute Gasteiger partial charge is 0.328 e. The first-order valence-electron chi connectivity index (χ1n) is 10.3. The quantitative estimate of drug-likeness (QED) is 0.178. The third-order valence-electron chi connectivity index (χ3n) is 4.73. The Hall–Kier alpha value is -1.72. The summed E-state index contributed by atoms with van der Waals surface area (Å²) in [5, 5.41) is 5.87. The van der Waals surface area contributed by atoms with Crippen LogP contribution < -0.4 is 20.1 Å². The maximum atomic E-state index is 12.7. The molecule has 0 amide bonds. The predicted molar refractivity (Wildman–Crippen MR) is 126 cm³/mol. The lowest BCUT2D eigenvalue weighted by Gasteiger charge is -2.21. The minimum Gasteiger partial charge on any atom is -0.455 e. The van der Waals surface area contributed by atoms with Gasteiger partial charge in [-0.3, -0.25) is 4.79 Å². The van der Waals surface area contributed by atoms with Gasteiger partial charge in [-0.15, -0.1) is 0 Å². The van der Waals surface area contributed by atoms with E-state index in [0.717, 1.165) is 5.56 Å². The van der Waals surface area contributed by atoms with Crippen molar-refractivity contribution in [1.82, 2.24) is 10.6 Å². The van der Waals surface area contributed by atoms with Crippen molar-refractivity contribution in [3.63, 3.8) is 0 Å². The summed E-state index contributed by atoms with van der Waals surface area (Å²) in [6.45, 7) is 7.61. The Morgan fingerprint density at radius 3 is 1.87 bits per heavy atom. The average molecular weight is 548 g/mol. The van der Waals surface area contributed by atoms with E-state index >= 15 is 0 Å². The number of hydrogen-bond donors (Lipinski definition) is 2. The third kappa shape index (κ3) is 8.74. The van der Waals surface area contributed by atoms with Crippen molar-refractivity contribution in [2.45, 2.75) is 52.6 Å². The normalized spacial score (nSPS) is 13.1. The lowest BCUT2D eigenvalue weighted by atomic mass is 10.0. The molecule has 0 radical (unpaired) electrons. The summed E-state index contributed by atoms with van der Waals surface area (Å²) in [5.41, 5.74) is 0.757. The fraction of sp³-hybridized carbons (Fsp3) is 0.591. The highest BCUT2D eigenvalue weighted by molar-refractivity contribution is 14.1. The van der Waals surface area contributed by atoms with Gasteiger partial charge in [-0.25, -0.2) is 9.59 Å². The standard InChI is InChI=1S/C22H33IN2O6/c1-13(2)19(24-5)21(27)30-16-9-7-15(8-10-18(26)29-12-23)11-17(16)31-22(28)20(25-6)14(3)4/h7,9,11,13-14,19-20,24-25H,8,10,12H2,1-6H3. The summed E-state index contributed by atoms with van der Waals surface area (Å²) in [6.07, 6.45) is 0.592. The van der Waals surface area contributed by atoms with Crippen LogP contribution in [-0.2, 0) is 25.5 Å². The zero-order valence-corrected chi connectivity index (χ0v) is 21.1. The Balaban J connectivity index is 3.15. The number of esters is 3. The van der Waals surface area contributed by atoms with Crippen LogP contribution in [0.25, 0.3) is 0 Å². The van der Waals surface area contributed by atoms with Crippen LogP contribution in [0.4, 0.5) is 0 Å². The largest absolute Gasteiger partial charge is 0.455 e. The van der Waals surface area contributed by atoms with Gasteiger partial charge in [0.05, 0.1) is 0 Å². The lowest BCUT2D eigenvalue weighted by Crippen LogP contribution is -2.42. The first-order chi connectivity index (χ1) is 14.6. The molecule has 0 saturated heterocycles. The van der Waals surface area contributed by atoms with Gasteiger partial charge in [-0.2, -0.15) is 0 Å². The summed E-state index contributed by atoms with van der Waals surface area (Å²) >= 11 is 1.96. The van der Waals surface area contributed by atoms with Crippen LogP contribution in [0.2, 0.25) is 0 Å². The zero-order valence-electron chi connectivity index (χ0n) is 19.0. The fourth-order valence-electron chi connectivity index (χ4n) is 3.04. The highest BCUT2D eigenvalue weighted by Gasteiger charge is 2.26. The number of carbonyl (C=O) groups is 3. The SMILES string of the molecule is CNC(C(=O)Oc1ccc(CCC(=O)OCI)cc1OC(=O)C(NC)C(C)C)C(C)C. The fourth-order valence-corrected chi connectivity index (χ4v) is 3.39. The number of carbonyl (C=O) groups excluding carboxylic acids is 3. The Kier molecular flexibility index (Phi) is 12.0. The Bertz CT molecular complexity index is 754. The highest BCUT2D eigenvalue weighted by atomic mass is 127. The van der Waals surface area contributed by atoms with Gasteiger partial charge in [0.1, 0.15) is 16.7 Å². The second-order valence-corrected chi connectivity index (χ2v) is 8.39.